The van der Waals surface area contributed by atoms with Crippen molar-refractivity contribution in [2.24, 2.45) is 0 Å². The number of rotatable bonds is 3. The topological polar surface area (TPSA) is 43.6 Å². The minimum absolute atomic E-state index is 0.333. The molecule has 0 amide bonds. The fourth-order valence-corrected chi connectivity index (χ4v) is 2.54. The Labute approximate surface area is 123 Å². The Morgan fingerprint density at radius 2 is 2.00 bits per heavy atom. The van der Waals surface area contributed by atoms with Crippen molar-refractivity contribution in [2.75, 3.05) is 6.61 Å². The molecule has 0 radical (unpaired) electrons. The van der Waals surface area contributed by atoms with Crippen LogP contribution in [0.3, 0.4) is 0 Å². The molecule has 21 heavy (non-hydrogen) atoms. The van der Waals surface area contributed by atoms with Gasteiger partial charge in [0.1, 0.15) is 5.56 Å². The Morgan fingerprint density at radius 1 is 1.24 bits per heavy atom. The number of esters is 1. The van der Waals surface area contributed by atoms with Crippen LogP contribution in [0, 0.1) is 6.92 Å². The summed E-state index contributed by atoms with van der Waals surface area (Å²) in [5.74, 6) is -0.333. The highest BCUT2D eigenvalue weighted by atomic mass is 16.5. The van der Waals surface area contributed by atoms with E-state index in [9.17, 15) is 4.79 Å². The van der Waals surface area contributed by atoms with Crippen molar-refractivity contribution in [3.63, 3.8) is 0 Å². The molecule has 0 saturated heterocycles. The summed E-state index contributed by atoms with van der Waals surface area (Å²) in [6.07, 6.45) is 3.43. The predicted molar refractivity (Wildman–Crippen MR) is 81.3 cm³/mol. The molecule has 0 aliphatic carbocycles. The van der Waals surface area contributed by atoms with Crippen LogP contribution in [-0.4, -0.2) is 22.2 Å². The van der Waals surface area contributed by atoms with Crippen LogP contribution >= 0.6 is 0 Å². The van der Waals surface area contributed by atoms with E-state index in [4.69, 9.17) is 4.74 Å². The van der Waals surface area contributed by atoms with E-state index in [1.807, 2.05) is 37.4 Å². The van der Waals surface area contributed by atoms with Crippen LogP contribution in [0.1, 0.15) is 22.8 Å². The van der Waals surface area contributed by atoms with Crippen LogP contribution in [0.25, 0.3) is 16.6 Å². The Bertz CT molecular complexity index is 791. The lowest BCUT2D eigenvalue weighted by molar-refractivity contribution is 0.0528. The Kier molecular flexibility index (Phi) is 3.44. The fraction of sp³-hybridized carbons (Fsp3) is 0.176. The smallest absolute Gasteiger partial charge is 0.341 e. The van der Waals surface area contributed by atoms with Crippen molar-refractivity contribution >= 4 is 11.5 Å². The second-order valence-corrected chi connectivity index (χ2v) is 4.79. The number of hydrogen-bond donors (Lipinski definition) is 0. The number of nitrogens with zero attached hydrogens (tertiary/aromatic N) is 2. The monoisotopic (exact) mass is 280 g/mol. The van der Waals surface area contributed by atoms with Crippen molar-refractivity contribution in [1.29, 1.82) is 0 Å². The van der Waals surface area contributed by atoms with E-state index in [1.165, 1.54) is 0 Å². The zero-order valence-corrected chi connectivity index (χ0v) is 12.0. The summed E-state index contributed by atoms with van der Waals surface area (Å²) in [6, 6.07) is 12.1. The van der Waals surface area contributed by atoms with Crippen LogP contribution in [0.4, 0.5) is 0 Å². The zero-order valence-electron chi connectivity index (χ0n) is 12.0. The molecular weight excluding hydrogens is 264 g/mol. The minimum Gasteiger partial charge on any atom is -0.462 e. The highest BCUT2D eigenvalue weighted by molar-refractivity contribution is 5.98. The second-order valence-electron chi connectivity index (χ2n) is 4.79. The first-order valence-electron chi connectivity index (χ1n) is 6.92. The normalized spacial score (nSPS) is 10.8. The predicted octanol–water partition coefficient (Wildman–Crippen LogP) is 3.49. The standard InChI is InChI=1S/C17H16N2O2/c1-3-21-17(20)15-11-18-19-10-9-14(12(2)16(15)19)13-7-5-4-6-8-13/h4-11H,3H2,1-2H3. The van der Waals surface area contributed by atoms with Gasteiger partial charge in [0, 0.05) is 6.20 Å². The molecule has 0 saturated carbocycles. The van der Waals surface area contributed by atoms with E-state index in [0.717, 1.165) is 22.2 Å². The van der Waals surface area contributed by atoms with E-state index in [-0.39, 0.29) is 5.97 Å². The number of fused-ring (bicyclic) bond motifs is 1. The number of pyridine rings is 1. The van der Waals surface area contributed by atoms with Gasteiger partial charge in [-0.1, -0.05) is 30.3 Å². The van der Waals surface area contributed by atoms with Gasteiger partial charge in [-0.2, -0.15) is 5.10 Å². The summed E-state index contributed by atoms with van der Waals surface area (Å²) in [6.45, 7) is 4.15. The molecule has 3 rings (SSSR count). The molecule has 3 aromatic rings. The first-order valence-corrected chi connectivity index (χ1v) is 6.92. The first-order chi connectivity index (χ1) is 10.2. The zero-order chi connectivity index (χ0) is 14.8. The average Bonchev–Trinajstić information content (AvgIpc) is 2.94. The second kappa shape index (κ2) is 5.40. The summed E-state index contributed by atoms with van der Waals surface area (Å²) in [4.78, 5) is 12.0. The summed E-state index contributed by atoms with van der Waals surface area (Å²) in [5, 5.41) is 4.23. The SMILES string of the molecule is CCOC(=O)c1cnn2ccc(-c3ccccc3)c(C)c12. The molecule has 2 heterocycles. The third-order valence-electron chi connectivity index (χ3n) is 3.52. The van der Waals surface area contributed by atoms with Crippen LogP contribution in [0.2, 0.25) is 0 Å². The molecule has 4 nitrogen and oxygen atoms in total. The molecule has 0 aliphatic heterocycles. The summed E-state index contributed by atoms with van der Waals surface area (Å²) >= 11 is 0. The minimum atomic E-state index is -0.333. The first kappa shape index (κ1) is 13.4. The number of aryl methyl sites for hydroxylation is 1. The maximum absolute atomic E-state index is 12.0. The van der Waals surface area contributed by atoms with Crippen LogP contribution in [0.5, 0.6) is 0 Å². The molecule has 2 aromatic heterocycles. The molecule has 0 N–H and O–H groups in total. The fourth-order valence-electron chi connectivity index (χ4n) is 2.54. The van der Waals surface area contributed by atoms with Gasteiger partial charge in [0.15, 0.2) is 0 Å². The van der Waals surface area contributed by atoms with E-state index >= 15 is 0 Å². The lowest BCUT2D eigenvalue weighted by atomic mass is 10.00. The number of ether oxygens (including phenoxy) is 1. The summed E-state index contributed by atoms with van der Waals surface area (Å²) in [5.41, 5.74) is 4.54. The molecule has 0 bridgehead atoms. The van der Waals surface area contributed by atoms with E-state index in [1.54, 1.807) is 17.6 Å². The Hall–Kier alpha value is -2.62. The third kappa shape index (κ3) is 2.29. The summed E-state index contributed by atoms with van der Waals surface area (Å²) in [7, 11) is 0. The van der Waals surface area contributed by atoms with Crippen molar-refractivity contribution < 1.29 is 9.53 Å². The van der Waals surface area contributed by atoms with Gasteiger partial charge in [0.2, 0.25) is 0 Å². The van der Waals surface area contributed by atoms with Crippen molar-refractivity contribution in [3.8, 4) is 11.1 Å². The molecule has 0 aliphatic rings. The van der Waals surface area contributed by atoms with Gasteiger partial charge in [0.05, 0.1) is 18.3 Å². The van der Waals surface area contributed by atoms with Gasteiger partial charge in [-0.05, 0) is 36.6 Å². The molecule has 106 valence electrons. The highest BCUT2D eigenvalue weighted by Gasteiger charge is 2.17. The number of hydrogen-bond acceptors (Lipinski definition) is 3. The van der Waals surface area contributed by atoms with Crippen LogP contribution in [0.15, 0.2) is 48.8 Å². The number of benzene rings is 1. The molecule has 1 aromatic carbocycles. The lowest BCUT2D eigenvalue weighted by Gasteiger charge is -2.09. The third-order valence-corrected chi connectivity index (χ3v) is 3.52. The maximum Gasteiger partial charge on any atom is 0.341 e. The van der Waals surface area contributed by atoms with Gasteiger partial charge in [0.25, 0.3) is 0 Å². The number of carbonyl (C=O) groups is 1. The van der Waals surface area contributed by atoms with Crippen LogP contribution < -0.4 is 0 Å². The van der Waals surface area contributed by atoms with Crippen molar-refractivity contribution in [2.45, 2.75) is 13.8 Å². The van der Waals surface area contributed by atoms with Gasteiger partial charge in [-0.25, -0.2) is 9.31 Å². The molecule has 4 heteroatoms. The average molecular weight is 280 g/mol. The quantitative estimate of drug-likeness (QED) is 0.690. The van der Waals surface area contributed by atoms with Crippen molar-refractivity contribution in [3.05, 3.63) is 59.9 Å². The molecule has 0 spiro atoms. The molecule has 0 unspecified atom stereocenters. The van der Waals surface area contributed by atoms with E-state index in [0.29, 0.717) is 12.2 Å². The molecular formula is C17H16N2O2. The van der Waals surface area contributed by atoms with Gasteiger partial charge < -0.3 is 4.74 Å². The van der Waals surface area contributed by atoms with Crippen LogP contribution in [-0.2, 0) is 4.74 Å². The summed E-state index contributed by atoms with van der Waals surface area (Å²) < 4.78 is 6.82. The van der Waals surface area contributed by atoms with Gasteiger partial charge in [-0.3, -0.25) is 0 Å². The number of carbonyl (C=O) groups excluding carboxylic acids is 1. The Morgan fingerprint density at radius 3 is 2.71 bits per heavy atom. The largest absolute Gasteiger partial charge is 0.462 e. The number of aromatic nitrogens is 2. The molecule has 0 atom stereocenters. The van der Waals surface area contributed by atoms with E-state index in [2.05, 4.69) is 17.2 Å². The van der Waals surface area contributed by atoms with Gasteiger partial charge in [-0.15, -0.1) is 0 Å². The lowest BCUT2D eigenvalue weighted by Crippen LogP contribution is -2.05. The van der Waals surface area contributed by atoms with Crippen molar-refractivity contribution in [1.82, 2.24) is 9.61 Å². The van der Waals surface area contributed by atoms with Gasteiger partial charge >= 0.3 is 5.97 Å². The maximum atomic E-state index is 12.0. The molecule has 0 fully saturated rings. The highest BCUT2D eigenvalue weighted by Crippen LogP contribution is 2.28. The Balaban J connectivity index is 2.20. The van der Waals surface area contributed by atoms with E-state index < -0.39 is 0 Å².